The second-order valence-electron chi connectivity index (χ2n) is 4.24. The van der Waals surface area contributed by atoms with Gasteiger partial charge in [-0.05, 0) is 20.8 Å². The lowest BCUT2D eigenvalue weighted by Gasteiger charge is -2.05. The van der Waals surface area contributed by atoms with Crippen molar-refractivity contribution in [2.75, 3.05) is 6.61 Å². The molecule has 0 unspecified atom stereocenters. The first-order valence-corrected chi connectivity index (χ1v) is 6.11. The van der Waals surface area contributed by atoms with Gasteiger partial charge in [0.2, 0.25) is 5.71 Å². The molecule has 20 heavy (non-hydrogen) atoms. The number of carbonyl (C=O) groups is 2. The molecule has 2 amide bonds. The van der Waals surface area contributed by atoms with Gasteiger partial charge < -0.3 is 9.15 Å². The summed E-state index contributed by atoms with van der Waals surface area (Å²) in [6.45, 7) is 5.53. The highest BCUT2D eigenvalue weighted by Gasteiger charge is 2.22. The van der Waals surface area contributed by atoms with E-state index in [1.807, 2.05) is 6.92 Å². The fraction of sp³-hybridized carbons (Fsp3) is 0.417. The van der Waals surface area contributed by atoms with Gasteiger partial charge in [0.15, 0.2) is 5.76 Å². The zero-order valence-corrected chi connectivity index (χ0v) is 11.7. The standard InChI is InChI=1S/C12H16N4O4/c1-5-19-12(18)14-13-10(17)9-6(2)8-7(3)16(4)15-11(8)20-9/h5H2,1-4H3,(H,13,17)(H,14,18). The largest absolute Gasteiger partial charge is 0.449 e. The van der Waals surface area contributed by atoms with Crippen molar-refractivity contribution in [2.45, 2.75) is 20.8 Å². The van der Waals surface area contributed by atoms with E-state index in [1.165, 1.54) is 0 Å². The van der Waals surface area contributed by atoms with Crippen molar-refractivity contribution < 1.29 is 18.7 Å². The number of rotatable bonds is 2. The van der Waals surface area contributed by atoms with Crippen molar-refractivity contribution in [1.82, 2.24) is 20.6 Å². The first-order chi connectivity index (χ1) is 9.45. The molecule has 0 radical (unpaired) electrons. The lowest BCUT2D eigenvalue weighted by molar-refractivity contribution is 0.0886. The van der Waals surface area contributed by atoms with Crippen molar-refractivity contribution in [1.29, 1.82) is 0 Å². The van der Waals surface area contributed by atoms with Crippen LogP contribution in [0.15, 0.2) is 4.42 Å². The smallest absolute Gasteiger partial charge is 0.426 e. The van der Waals surface area contributed by atoms with Crippen LogP contribution in [0.25, 0.3) is 11.1 Å². The Balaban J connectivity index is 2.19. The van der Waals surface area contributed by atoms with E-state index < -0.39 is 12.0 Å². The number of furan rings is 1. The lowest BCUT2D eigenvalue weighted by atomic mass is 10.2. The van der Waals surface area contributed by atoms with Crippen molar-refractivity contribution in [2.24, 2.45) is 7.05 Å². The highest BCUT2D eigenvalue weighted by molar-refractivity contribution is 5.99. The van der Waals surface area contributed by atoms with Crippen LogP contribution in [0.3, 0.4) is 0 Å². The zero-order chi connectivity index (χ0) is 14.9. The summed E-state index contributed by atoms with van der Waals surface area (Å²) in [5, 5.41) is 4.96. The molecule has 0 aliphatic rings. The fourth-order valence-electron chi connectivity index (χ4n) is 1.92. The van der Waals surface area contributed by atoms with Crippen LogP contribution in [-0.2, 0) is 11.8 Å². The summed E-state index contributed by atoms with van der Waals surface area (Å²) in [5.41, 5.74) is 6.31. The van der Waals surface area contributed by atoms with Crippen LogP contribution in [0.4, 0.5) is 4.79 Å². The quantitative estimate of drug-likeness (QED) is 0.805. The molecule has 0 aromatic carbocycles. The topological polar surface area (TPSA) is 98.4 Å². The van der Waals surface area contributed by atoms with Crippen molar-refractivity contribution in [3.63, 3.8) is 0 Å². The molecule has 108 valence electrons. The first-order valence-electron chi connectivity index (χ1n) is 6.11. The van der Waals surface area contributed by atoms with Crippen molar-refractivity contribution >= 4 is 23.1 Å². The van der Waals surface area contributed by atoms with Gasteiger partial charge in [-0.3, -0.25) is 14.9 Å². The van der Waals surface area contributed by atoms with Crippen LogP contribution in [0.1, 0.15) is 28.7 Å². The average Bonchev–Trinajstić information content (AvgIpc) is 2.86. The molecular weight excluding hydrogens is 264 g/mol. The lowest BCUT2D eigenvalue weighted by Crippen LogP contribution is -2.42. The van der Waals surface area contributed by atoms with Gasteiger partial charge in [0, 0.05) is 18.3 Å². The van der Waals surface area contributed by atoms with Gasteiger partial charge in [0.1, 0.15) is 0 Å². The highest BCUT2D eigenvalue weighted by Crippen LogP contribution is 2.26. The molecule has 0 saturated heterocycles. The number of nitrogens with one attached hydrogen (secondary N) is 2. The maximum Gasteiger partial charge on any atom is 0.426 e. The Morgan fingerprint density at radius 1 is 1.35 bits per heavy atom. The molecule has 2 aromatic rings. The number of hydrazine groups is 1. The van der Waals surface area contributed by atoms with Crippen molar-refractivity contribution in [3.8, 4) is 0 Å². The second kappa shape index (κ2) is 5.24. The third-order valence-corrected chi connectivity index (χ3v) is 2.98. The van der Waals surface area contributed by atoms with Gasteiger partial charge >= 0.3 is 12.0 Å². The number of nitrogens with zero attached hydrogens (tertiary/aromatic N) is 2. The molecule has 0 aliphatic carbocycles. The zero-order valence-electron chi connectivity index (χ0n) is 11.7. The highest BCUT2D eigenvalue weighted by atomic mass is 16.6. The maximum absolute atomic E-state index is 11.9. The Hall–Kier alpha value is -2.51. The molecular formula is C12H16N4O4. The van der Waals surface area contributed by atoms with Crippen molar-refractivity contribution in [3.05, 3.63) is 17.0 Å². The molecule has 0 bridgehead atoms. The van der Waals surface area contributed by atoms with Gasteiger partial charge in [0.25, 0.3) is 0 Å². The number of fused-ring (bicyclic) bond motifs is 1. The van der Waals surface area contributed by atoms with Gasteiger partial charge in [-0.25, -0.2) is 10.2 Å². The van der Waals surface area contributed by atoms with E-state index in [9.17, 15) is 9.59 Å². The molecule has 0 spiro atoms. The van der Waals surface area contributed by atoms with Crippen LogP contribution >= 0.6 is 0 Å². The molecule has 8 heteroatoms. The van der Waals surface area contributed by atoms with Crippen LogP contribution in [0.2, 0.25) is 0 Å². The van der Waals surface area contributed by atoms with E-state index in [1.54, 1.807) is 25.6 Å². The maximum atomic E-state index is 11.9. The number of hydrogen-bond acceptors (Lipinski definition) is 5. The van der Waals surface area contributed by atoms with Crippen LogP contribution in [0.5, 0.6) is 0 Å². The first kappa shape index (κ1) is 13.9. The minimum absolute atomic E-state index is 0.114. The number of aryl methyl sites for hydroxylation is 3. The summed E-state index contributed by atoms with van der Waals surface area (Å²) >= 11 is 0. The Kier molecular flexibility index (Phi) is 3.64. The Bertz CT molecular complexity index is 671. The van der Waals surface area contributed by atoms with E-state index in [2.05, 4.69) is 20.7 Å². The van der Waals surface area contributed by atoms with E-state index in [4.69, 9.17) is 4.42 Å². The number of ether oxygens (including phenoxy) is 1. The Morgan fingerprint density at radius 2 is 2.05 bits per heavy atom. The number of carbonyl (C=O) groups excluding carboxylic acids is 2. The van der Waals surface area contributed by atoms with Crippen LogP contribution in [-0.4, -0.2) is 28.4 Å². The van der Waals surface area contributed by atoms with Gasteiger partial charge in [-0.1, -0.05) is 0 Å². The summed E-state index contributed by atoms with van der Waals surface area (Å²) in [6, 6.07) is 0. The fourth-order valence-corrected chi connectivity index (χ4v) is 1.92. The third kappa shape index (κ3) is 2.31. The minimum atomic E-state index is -0.732. The van der Waals surface area contributed by atoms with Gasteiger partial charge in [-0.15, -0.1) is 5.10 Å². The SMILES string of the molecule is CCOC(=O)NNC(=O)c1oc2nn(C)c(C)c2c1C. The second-order valence-corrected chi connectivity index (χ2v) is 4.24. The summed E-state index contributed by atoms with van der Waals surface area (Å²) in [5.74, 6) is -0.446. The summed E-state index contributed by atoms with van der Waals surface area (Å²) in [4.78, 5) is 23.0. The number of amides is 2. The predicted octanol–water partition coefficient (Wildman–Crippen LogP) is 1.17. The molecule has 0 aliphatic heterocycles. The summed E-state index contributed by atoms with van der Waals surface area (Å²) < 4.78 is 11.7. The molecule has 2 heterocycles. The Labute approximate surface area is 115 Å². The molecule has 2 aromatic heterocycles. The molecule has 0 fully saturated rings. The van der Waals surface area contributed by atoms with E-state index in [-0.39, 0.29) is 12.4 Å². The molecule has 8 nitrogen and oxygen atoms in total. The van der Waals surface area contributed by atoms with E-state index in [0.717, 1.165) is 11.1 Å². The molecule has 2 rings (SSSR count). The normalized spacial score (nSPS) is 10.6. The predicted molar refractivity (Wildman–Crippen MR) is 70.1 cm³/mol. The van der Waals surface area contributed by atoms with E-state index in [0.29, 0.717) is 11.3 Å². The number of hydrogen-bond donors (Lipinski definition) is 2. The summed E-state index contributed by atoms with van der Waals surface area (Å²) in [7, 11) is 1.80. The average molecular weight is 280 g/mol. The van der Waals surface area contributed by atoms with Crippen LogP contribution < -0.4 is 10.9 Å². The minimum Gasteiger partial charge on any atom is -0.449 e. The molecule has 0 atom stereocenters. The molecule has 2 N–H and O–H groups in total. The molecule has 0 saturated carbocycles. The monoisotopic (exact) mass is 280 g/mol. The van der Waals surface area contributed by atoms with Gasteiger partial charge in [0.05, 0.1) is 12.0 Å². The third-order valence-electron chi connectivity index (χ3n) is 2.98. The summed E-state index contributed by atoms with van der Waals surface area (Å²) in [6.07, 6.45) is -0.732. The number of aromatic nitrogens is 2. The van der Waals surface area contributed by atoms with Gasteiger partial charge in [-0.2, -0.15) is 0 Å². The Morgan fingerprint density at radius 3 is 2.65 bits per heavy atom. The van der Waals surface area contributed by atoms with Crippen LogP contribution in [0, 0.1) is 13.8 Å². The van der Waals surface area contributed by atoms with E-state index >= 15 is 0 Å².